The van der Waals surface area contributed by atoms with Crippen LogP contribution in [0.3, 0.4) is 0 Å². The summed E-state index contributed by atoms with van der Waals surface area (Å²) in [5.74, 6) is 0.969. The lowest BCUT2D eigenvalue weighted by Gasteiger charge is -2.14. The average Bonchev–Trinajstić information content (AvgIpc) is 2.48. The van der Waals surface area contributed by atoms with E-state index in [1.165, 1.54) is 16.7 Å². The topological polar surface area (TPSA) is 9.23 Å². The zero-order chi connectivity index (χ0) is 14.2. The first-order valence-electron chi connectivity index (χ1n) is 6.84. The second kappa shape index (κ2) is 7.34. The van der Waals surface area contributed by atoms with Gasteiger partial charge in [-0.05, 0) is 29.5 Å². The molecule has 0 heterocycles. The molecule has 0 N–H and O–H groups in total. The van der Waals surface area contributed by atoms with Crippen molar-refractivity contribution in [1.82, 2.24) is 0 Å². The van der Waals surface area contributed by atoms with Gasteiger partial charge in [-0.1, -0.05) is 60.7 Å². The minimum Gasteiger partial charge on any atom is -0.488 e. The van der Waals surface area contributed by atoms with Crippen LogP contribution in [0.4, 0.5) is 0 Å². The molecule has 1 nitrogen and oxygen atoms in total. The predicted octanol–water partition coefficient (Wildman–Crippen LogP) is 4.72. The van der Waals surface area contributed by atoms with Crippen molar-refractivity contribution in [2.75, 3.05) is 0 Å². The summed E-state index contributed by atoms with van der Waals surface area (Å²) in [5, 5.41) is 0. The van der Waals surface area contributed by atoms with Crippen molar-refractivity contribution < 1.29 is 4.74 Å². The molecule has 0 saturated heterocycles. The normalized spacial score (nSPS) is 10.0. The third-order valence-electron chi connectivity index (χ3n) is 3.13. The van der Waals surface area contributed by atoms with Crippen molar-refractivity contribution in [2.24, 2.45) is 0 Å². The van der Waals surface area contributed by atoms with Crippen molar-refractivity contribution in [3.63, 3.8) is 0 Å². The van der Waals surface area contributed by atoms with E-state index in [0.717, 1.165) is 18.6 Å². The van der Waals surface area contributed by atoms with Crippen LogP contribution in [0.1, 0.15) is 16.7 Å². The number of hydrogen-bond donors (Lipinski definition) is 0. The van der Waals surface area contributed by atoms with Crippen LogP contribution < -0.4 is 4.74 Å². The Kier molecular flexibility index (Phi) is 5.19. The maximum absolute atomic E-state index is 6.06. The fourth-order valence-corrected chi connectivity index (χ4v) is 2.19. The SMILES string of the molecule is C=CCc1cccc(CC=C)c1OCc1ccccc1. The van der Waals surface area contributed by atoms with E-state index < -0.39 is 0 Å². The molecule has 20 heavy (non-hydrogen) atoms. The highest BCUT2D eigenvalue weighted by Crippen LogP contribution is 2.26. The van der Waals surface area contributed by atoms with Gasteiger partial charge in [0, 0.05) is 0 Å². The van der Waals surface area contributed by atoms with Crippen LogP contribution in [0.25, 0.3) is 0 Å². The fraction of sp³-hybridized carbons (Fsp3) is 0.158. The molecule has 102 valence electrons. The maximum Gasteiger partial charge on any atom is 0.126 e. The number of para-hydroxylation sites is 1. The summed E-state index contributed by atoms with van der Waals surface area (Å²) in [5.41, 5.74) is 3.52. The van der Waals surface area contributed by atoms with Gasteiger partial charge in [0.1, 0.15) is 12.4 Å². The van der Waals surface area contributed by atoms with Gasteiger partial charge in [0.25, 0.3) is 0 Å². The van der Waals surface area contributed by atoms with Gasteiger partial charge in [0.05, 0.1) is 0 Å². The molecular formula is C19H20O. The Morgan fingerprint density at radius 2 is 1.40 bits per heavy atom. The first kappa shape index (κ1) is 14.1. The molecule has 0 atom stereocenters. The maximum atomic E-state index is 6.06. The van der Waals surface area contributed by atoms with E-state index in [-0.39, 0.29) is 0 Å². The highest BCUT2D eigenvalue weighted by atomic mass is 16.5. The summed E-state index contributed by atoms with van der Waals surface area (Å²) >= 11 is 0. The smallest absolute Gasteiger partial charge is 0.126 e. The van der Waals surface area contributed by atoms with Crippen LogP contribution >= 0.6 is 0 Å². The number of ether oxygens (including phenoxy) is 1. The Hall–Kier alpha value is -2.28. The highest BCUT2D eigenvalue weighted by Gasteiger charge is 2.08. The van der Waals surface area contributed by atoms with Crippen LogP contribution in [0.5, 0.6) is 5.75 Å². The Balaban J connectivity index is 2.22. The molecule has 0 aliphatic carbocycles. The van der Waals surface area contributed by atoms with E-state index in [0.29, 0.717) is 6.61 Å². The molecule has 2 rings (SSSR count). The van der Waals surface area contributed by atoms with Gasteiger partial charge in [0.15, 0.2) is 0 Å². The third kappa shape index (κ3) is 3.61. The first-order valence-corrected chi connectivity index (χ1v) is 6.84. The summed E-state index contributed by atoms with van der Waals surface area (Å²) in [6.07, 6.45) is 5.44. The summed E-state index contributed by atoms with van der Waals surface area (Å²) in [4.78, 5) is 0. The molecule has 0 amide bonds. The lowest BCUT2D eigenvalue weighted by atomic mass is 10.0. The van der Waals surface area contributed by atoms with E-state index in [4.69, 9.17) is 4.74 Å². The second-order valence-corrected chi connectivity index (χ2v) is 4.67. The second-order valence-electron chi connectivity index (χ2n) is 4.67. The van der Waals surface area contributed by atoms with Crippen molar-refractivity contribution in [3.8, 4) is 5.75 Å². The molecule has 0 aromatic heterocycles. The van der Waals surface area contributed by atoms with Gasteiger partial charge in [-0.25, -0.2) is 0 Å². The third-order valence-corrected chi connectivity index (χ3v) is 3.13. The number of rotatable bonds is 7. The predicted molar refractivity (Wildman–Crippen MR) is 85.0 cm³/mol. The summed E-state index contributed by atoms with van der Waals surface area (Å²) in [7, 11) is 0. The Morgan fingerprint density at radius 3 is 1.95 bits per heavy atom. The van der Waals surface area contributed by atoms with E-state index in [1.807, 2.05) is 30.4 Å². The zero-order valence-electron chi connectivity index (χ0n) is 11.7. The van der Waals surface area contributed by atoms with Crippen LogP contribution in [-0.2, 0) is 19.4 Å². The molecule has 0 fully saturated rings. The molecule has 2 aromatic rings. The Morgan fingerprint density at radius 1 is 0.800 bits per heavy atom. The minimum atomic E-state index is 0.582. The van der Waals surface area contributed by atoms with E-state index >= 15 is 0 Å². The molecule has 0 spiro atoms. The fourth-order valence-electron chi connectivity index (χ4n) is 2.19. The highest BCUT2D eigenvalue weighted by molar-refractivity contribution is 5.43. The van der Waals surface area contributed by atoms with Crippen molar-refractivity contribution in [1.29, 1.82) is 0 Å². The molecule has 1 heteroatoms. The van der Waals surface area contributed by atoms with Crippen molar-refractivity contribution in [2.45, 2.75) is 19.4 Å². The first-order chi connectivity index (χ1) is 9.85. The Bertz CT molecular complexity index is 541. The Labute approximate surface area is 121 Å². The van der Waals surface area contributed by atoms with Crippen molar-refractivity contribution >= 4 is 0 Å². The van der Waals surface area contributed by atoms with Gasteiger partial charge in [-0.2, -0.15) is 0 Å². The molecule has 0 radical (unpaired) electrons. The van der Waals surface area contributed by atoms with Gasteiger partial charge in [0.2, 0.25) is 0 Å². The van der Waals surface area contributed by atoms with Crippen LogP contribution in [-0.4, -0.2) is 0 Å². The largest absolute Gasteiger partial charge is 0.488 e. The quantitative estimate of drug-likeness (QED) is 0.657. The molecule has 0 aliphatic heterocycles. The molecule has 2 aromatic carbocycles. The van der Waals surface area contributed by atoms with Gasteiger partial charge in [-0.3, -0.25) is 0 Å². The molecule has 0 bridgehead atoms. The van der Waals surface area contributed by atoms with E-state index in [2.05, 4.69) is 43.5 Å². The lowest BCUT2D eigenvalue weighted by molar-refractivity contribution is 0.301. The summed E-state index contributed by atoms with van der Waals surface area (Å²) in [6.45, 7) is 8.21. The monoisotopic (exact) mass is 264 g/mol. The van der Waals surface area contributed by atoms with Gasteiger partial charge < -0.3 is 4.74 Å². The van der Waals surface area contributed by atoms with Crippen LogP contribution in [0.15, 0.2) is 73.8 Å². The van der Waals surface area contributed by atoms with Gasteiger partial charge >= 0.3 is 0 Å². The summed E-state index contributed by atoms with van der Waals surface area (Å²) < 4.78 is 6.06. The average molecular weight is 264 g/mol. The standard InChI is InChI=1S/C19H20O/c1-3-9-17-13-8-14-18(10-4-2)19(17)20-15-16-11-6-5-7-12-16/h3-8,11-14H,1-2,9-10,15H2. The minimum absolute atomic E-state index is 0.582. The molecular weight excluding hydrogens is 244 g/mol. The van der Waals surface area contributed by atoms with Crippen molar-refractivity contribution in [3.05, 3.63) is 90.5 Å². The number of benzene rings is 2. The zero-order valence-corrected chi connectivity index (χ0v) is 11.7. The van der Waals surface area contributed by atoms with Crippen LogP contribution in [0.2, 0.25) is 0 Å². The van der Waals surface area contributed by atoms with E-state index in [1.54, 1.807) is 0 Å². The molecule has 0 saturated carbocycles. The number of allylic oxidation sites excluding steroid dienone is 2. The lowest BCUT2D eigenvalue weighted by Crippen LogP contribution is -2.01. The number of hydrogen-bond acceptors (Lipinski definition) is 1. The summed E-state index contributed by atoms with van der Waals surface area (Å²) in [6, 6.07) is 16.5. The van der Waals surface area contributed by atoms with Crippen LogP contribution in [0, 0.1) is 0 Å². The molecule has 0 aliphatic rings. The van der Waals surface area contributed by atoms with E-state index in [9.17, 15) is 0 Å². The molecule has 0 unspecified atom stereocenters. The van der Waals surface area contributed by atoms with Gasteiger partial charge in [-0.15, -0.1) is 13.2 Å².